The minimum absolute atomic E-state index is 0.0151. The van der Waals surface area contributed by atoms with Crippen molar-refractivity contribution in [2.24, 2.45) is 0 Å². The number of aryl methyl sites for hydroxylation is 2. The van der Waals surface area contributed by atoms with Gasteiger partial charge in [-0.2, -0.15) is 0 Å². The van der Waals surface area contributed by atoms with Crippen LogP contribution in [0.2, 0.25) is 0 Å². The third-order valence-corrected chi connectivity index (χ3v) is 6.63. The summed E-state index contributed by atoms with van der Waals surface area (Å²) in [5, 5.41) is 3.43. The molecular weight excluding hydrogens is 390 g/mol. The highest BCUT2D eigenvalue weighted by atomic mass is 32.2. The van der Waals surface area contributed by atoms with Crippen LogP contribution in [0.15, 0.2) is 41.3 Å². The van der Waals surface area contributed by atoms with Crippen molar-refractivity contribution in [1.82, 2.24) is 4.98 Å². The molecule has 0 unspecified atom stereocenters. The average molecular weight is 412 g/mol. The van der Waals surface area contributed by atoms with Crippen LogP contribution >= 0.6 is 23.1 Å². The molecule has 0 radical (unpaired) electrons. The van der Waals surface area contributed by atoms with Gasteiger partial charge in [0, 0.05) is 30.0 Å². The van der Waals surface area contributed by atoms with E-state index in [1.165, 1.54) is 16.9 Å². The first-order valence-corrected chi connectivity index (χ1v) is 11.0. The number of amides is 2. The number of hydrogen-bond donors (Lipinski definition) is 1. The van der Waals surface area contributed by atoms with E-state index in [0.717, 1.165) is 32.1 Å². The summed E-state index contributed by atoms with van der Waals surface area (Å²) < 4.78 is 1.06. The summed E-state index contributed by atoms with van der Waals surface area (Å²) in [5.41, 5.74) is 4.14. The predicted molar refractivity (Wildman–Crippen MR) is 116 cm³/mol. The fourth-order valence-electron chi connectivity index (χ4n) is 3.39. The number of rotatable bonds is 4. The number of para-hydroxylation sites is 1. The third-order valence-electron chi connectivity index (χ3n) is 4.67. The number of nitrogens with one attached hydrogen (secondary N) is 1. The molecule has 0 spiro atoms. The fraction of sp³-hybridized carbons (Fsp3) is 0.286. The zero-order valence-corrected chi connectivity index (χ0v) is 17.5. The van der Waals surface area contributed by atoms with Gasteiger partial charge in [-0.25, -0.2) is 4.98 Å². The lowest BCUT2D eigenvalue weighted by Crippen LogP contribution is -2.35. The number of carbonyl (C=O) groups excluding carboxylic acids is 2. The van der Waals surface area contributed by atoms with Crippen molar-refractivity contribution in [3.63, 3.8) is 0 Å². The summed E-state index contributed by atoms with van der Waals surface area (Å²) in [5.74, 6) is 0.680. The minimum Gasteiger partial charge on any atom is -0.310 e. The van der Waals surface area contributed by atoms with Crippen molar-refractivity contribution in [2.45, 2.75) is 31.6 Å². The van der Waals surface area contributed by atoms with Gasteiger partial charge in [0.15, 0.2) is 5.13 Å². The molecule has 1 N–H and O–H groups in total. The summed E-state index contributed by atoms with van der Waals surface area (Å²) >= 11 is 3.23. The second kappa shape index (κ2) is 7.93. The van der Waals surface area contributed by atoms with Crippen molar-refractivity contribution in [3.05, 3.63) is 47.5 Å². The third kappa shape index (κ3) is 3.91. The largest absolute Gasteiger partial charge is 0.310 e. The van der Waals surface area contributed by atoms with Crippen LogP contribution < -0.4 is 10.2 Å². The highest BCUT2D eigenvalue weighted by Crippen LogP contribution is 2.34. The average Bonchev–Trinajstić information content (AvgIpc) is 3.08. The van der Waals surface area contributed by atoms with E-state index in [0.29, 0.717) is 11.7 Å². The molecule has 144 valence electrons. The molecule has 28 heavy (non-hydrogen) atoms. The van der Waals surface area contributed by atoms with E-state index in [-0.39, 0.29) is 24.7 Å². The molecule has 3 aromatic rings. The van der Waals surface area contributed by atoms with Crippen LogP contribution in [-0.2, 0) is 9.59 Å². The van der Waals surface area contributed by atoms with Gasteiger partial charge in [-0.1, -0.05) is 29.5 Å². The van der Waals surface area contributed by atoms with Crippen molar-refractivity contribution in [1.29, 1.82) is 0 Å². The van der Waals surface area contributed by atoms with E-state index in [9.17, 15) is 9.59 Å². The van der Waals surface area contributed by atoms with Gasteiger partial charge in [0.2, 0.25) is 11.8 Å². The molecule has 0 fully saturated rings. The van der Waals surface area contributed by atoms with Crippen LogP contribution in [0.3, 0.4) is 0 Å². The minimum atomic E-state index is -0.179. The lowest BCUT2D eigenvalue weighted by molar-refractivity contribution is -0.122. The normalized spacial score (nSPS) is 13.4. The van der Waals surface area contributed by atoms with E-state index in [1.54, 1.807) is 16.7 Å². The molecule has 2 heterocycles. The second-order valence-electron chi connectivity index (χ2n) is 6.86. The molecule has 0 aliphatic carbocycles. The highest BCUT2D eigenvalue weighted by Gasteiger charge is 2.23. The highest BCUT2D eigenvalue weighted by molar-refractivity contribution is 7.99. The van der Waals surface area contributed by atoms with Crippen LogP contribution in [0.1, 0.15) is 24.0 Å². The van der Waals surface area contributed by atoms with E-state index < -0.39 is 0 Å². The monoisotopic (exact) mass is 411 g/mol. The van der Waals surface area contributed by atoms with Gasteiger partial charge in [-0.3, -0.25) is 9.59 Å². The van der Waals surface area contributed by atoms with Gasteiger partial charge < -0.3 is 10.2 Å². The van der Waals surface area contributed by atoms with Crippen molar-refractivity contribution in [3.8, 4) is 0 Å². The fourth-order valence-corrected chi connectivity index (χ4v) is 5.44. The molecule has 0 saturated heterocycles. The number of anilines is 2. The van der Waals surface area contributed by atoms with E-state index in [1.807, 2.05) is 38.1 Å². The van der Waals surface area contributed by atoms with E-state index in [2.05, 4.69) is 22.4 Å². The summed E-state index contributed by atoms with van der Waals surface area (Å²) in [4.78, 5) is 32.5. The summed E-state index contributed by atoms with van der Waals surface area (Å²) in [6.45, 7) is 4.75. The first-order valence-electron chi connectivity index (χ1n) is 9.21. The molecule has 5 nitrogen and oxygen atoms in total. The molecule has 4 rings (SSSR count). The van der Waals surface area contributed by atoms with Crippen LogP contribution in [0, 0.1) is 13.8 Å². The van der Waals surface area contributed by atoms with Crippen LogP contribution in [0.25, 0.3) is 10.2 Å². The van der Waals surface area contributed by atoms with Gasteiger partial charge >= 0.3 is 0 Å². The topological polar surface area (TPSA) is 62.3 Å². The smallest absolute Gasteiger partial charge is 0.227 e. The predicted octanol–water partition coefficient (Wildman–Crippen LogP) is 4.77. The number of thioether (sulfide) groups is 1. The number of thiazole rings is 1. The zero-order valence-electron chi connectivity index (χ0n) is 15.8. The summed E-state index contributed by atoms with van der Waals surface area (Å²) in [7, 11) is 0. The Labute approximate surface area is 172 Å². The Bertz CT molecular complexity index is 1060. The number of hydrogen-bond acceptors (Lipinski definition) is 5. The second-order valence-corrected chi connectivity index (χ2v) is 9.02. The first kappa shape index (κ1) is 19.0. The van der Waals surface area contributed by atoms with Gasteiger partial charge in [0.1, 0.15) is 0 Å². The Morgan fingerprint density at radius 1 is 1.18 bits per heavy atom. The van der Waals surface area contributed by atoms with Crippen molar-refractivity contribution in [2.75, 3.05) is 22.5 Å². The molecule has 0 bridgehead atoms. The number of fused-ring (bicyclic) bond motifs is 2. The maximum atomic E-state index is 12.7. The van der Waals surface area contributed by atoms with Crippen molar-refractivity contribution < 1.29 is 9.59 Å². The van der Waals surface area contributed by atoms with Crippen LogP contribution in [0.5, 0.6) is 0 Å². The molecule has 1 aliphatic heterocycles. The van der Waals surface area contributed by atoms with Gasteiger partial charge in [0.05, 0.1) is 15.9 Å². The first-order chi connectivity index (χ1) is 13.5. The van der Waals surface area contributed by atoms with Crippen molar-refractivity contribution >= 4 is 55.9 Å². The van der Waals surface area contributed by atoms with Gasteiger partial charge in [0.25, 0.3) is 0 Å². The van der Waals surface area contributed by atoms with E-state index in [4.69, 9.17) is 0 Å². The Morgan fingerprint density at radius 3 is 2.86 bits per heavy atom. The molecule has 1 aromatic heterocycles. The quantitative estimate of drug-likeness (QED) is 0.672. The van der Waals surface area contributed by atoms with Crippen LogP contribution in [0.4, 0.5) is 10.8 Å². The number of carbonyl (C=O) groups is 2. The molecule has 0 saturated carbocycles. The molecular formula is C21H21N3O2S2. The molecule has 0 atom stereocenters. The zero-order chi connectivity index (χ0) is 19.7. The van der Waals surface area contributed by atoms with E-state index >= 15 is 0 Å². The van der Waals surface area contributed by atoms with Gasteiger partial charge in [-0.05, 0) is 43.2 Å². The number of aromatic nitrogens is 1. The maximum absolute atomic E-state index is 12.7. The summed E-state index contributed by atoms with van der Waals surface area (Å²) in [6.07, 6.45) is 0.340. The summed E-state index contributed by atoms with van der Waals surface area (Å²) in [6, 6.07) is 12.1. The Hall–Kier alpha value is -2.38. The standard InChI is InChI=1S/C21H21N3O2S2/c1-13-11-14(2)20-17(12-13)28-21(23-20)22-18(25)7-8-19(26)24-9-10-27-16-6-4-3-5-15(16)24/h3-6,11-12H,7-10H2,1-2H3,(H,22,23,25). The lowest BCUT2D eigenvalue weighted by atomic mass is 10.1. The Balaban J connectivity index is 1.39. The number of nitrogens with zero attached hydrogens (tertiary/aromatic N) is 2. The van der Waals surface area contributed by atoms with Gasteiger partial charge in [-0.15, -0.1) is 11.8 Å². The number of benzene rings is 2. The molecule has 1 aliphatic rings. The maximum Gasteiger partial charge on any atom is 0.227 e. The lowest BCUT2D eigenvalue weighted by Gasteiger charge is -2.28. The molecule has 2 aromatic carbocycles. The van der Waals surface area contributed by atoms with Crippen LogP contribution in [-0.4, -0.2) is 29.1 Å². The molecule has 7 heteroatoms. The Morgan fingerprint density at radius 2 is 2.00 bits per heavy atom. The SMILES string of the molecule is Cc1cc(C)c2nc(NC(=O)CCC(=O)N3CCSc4ccccc43)sc2c1. The Kier molecular flexibility index (Phi) is 5.37. The molecule has 2 amide bonds.